The minimum absolute atomic E-state index is 0.0348. The van der Waals surface area contributed by atoms with Crippen LogP contribution in [0.5, 0.6) is 5.75 Å². The summed E-state index contributed by atoms with van der Waals surface area (Å²) in [4.78, 5) is 21.8. The molecule has 0 saturated carbocycles. The van der Waals surface area contributed by atoms with Gasteiger partial charge in [-0.25, -0.2) is 23.2 Å². The summed E-state index contributed by atoms with van der Waals surface area (Å²) in [5.74, 6) is 0.0560. The number of ether oxygens (including phenoxy) is 2. The predicted molar refractivity (Wildman–Crippen MR) is 128 cm³/mol. The summed E-state index contributed by atoms with van der Waals surface area (Å²) in [5, 5.41) is 0. The largest absolute Gasteiger partial charge is 0.495 e. The summed E-state index contributed by atoms with van der Waals surface area (Å²) >= 11 is 0. The maximum Gasteiger partial charge on any atom is 0.338 e. The highest BCUT2D eigenvalue weighted by Crippen LogP contribution is 2.32. The summed E-state index contributed by atoms with van der Waals surface area (Å²) in [5.41, 5.74) is 2.81. The Labute approximate surface area is 200 Å². The molecular formula is C25H29N3O5S. The number of sulfonamides is 1. The topological polar surface area (TPSA) is 98.7 Å². The number of esters is 1. The van der Waals surface area contributed by atoms with Crippen molar-refractivity contribution in [3.05, 3.63) is 59.4 Å². The molecule has 2 aromatic carbocycles. The fraction of sp³-hybridized carbons (Fsp3) is 0.400. The number of rotatable bonds is 6. The summed E-state index contributed by atoms with van der Waals surface area (Å²) in [6.07, 6.45) is 0.979. The molecule has 1 saturated heterocycles. The number of nitrogens with zero attached hydrogens (tertiary/aromatic N) is 3. The molecule has 2 atom stereocenters. The Balaban J connectivity index is 1.57. The highest BCUT2D eigenvalue weighted by atomic mass is 32.2. The molecule has 0 amide bonds. The van der Waals surface area contributed by atoms with Gasteiger partial charge in [0.05, 0.1) is 35.1 Å². The summed E-state index contributed by atoms with van der Waals surface area (Å²) in [6, 6.07) is 11.8. The van der Waals surface area contributed by atoms with Crippen molar-refractivity contribution >= 4 is 27.0 Å². The predicted octanol–water partition coefficient (Wildman–Crippen LogP) is 3.97. The molecule has 1 fully saturated rings. The number of benzene rings is 2. The van der Waals surface area contributed by atoms with Gasteiger partial charge in [0, 0.05) is 13.1 Å². The Morgan fingerprint density at radius 3 is 2.35 bits per heavy atom. The number of fused-ring (bicyclic) bond motifs is 1. The first-order valence-corrected chi connectivity index (χ1v) is 12.7. The van der Waals surface area contributed by atoms with E-state index in [1.54, 1.807) is 6.92 Å². The van der Waals surface area contributed by atoms with E-state index in [0.717, 1.165) is 11.9 Å². The summed E-state index contributed by atoms with van der Waals surface area (Å²) in [6.45, 7) is 6.69. The molecule has 34 heavy (non-hydrogen) atoms. The molecule has 0 N–H and O–H groups in total. The van der Waals surface area contributed by atoms with Crippen LogP contribution in [-0.2, 0) is 21.4 Å². The van der Waals surface area contributed by atoms with Gasteiger partial charge in [-0.1, -0.05) is 26.0 Å². The number of hydrogen-bond acceptors (Lipinski definition) is 7. The Bertz CT molecular complexity index is 1320. The first kappa shape index (κ1) is 24.1. The van der Waals surface area contributed by atoms with Crippen molar-refractivity contribution in [3.63, 3.8) is 0 Å². The average molecular weight is 484 g/mol. The molecule has 180 valence electrons. The van der Waals surface area contributed by atoms with Crippen LogP contribution in [0.15, 0.2) is 47.4 Å². The van der Waals surface area contributed by atoms with Gasteiger partial charge in [-0.3, -0.25) is 0 Å². The van der Waals surface area contributed by atoms with E-state index in [0.29, 0.717) is 30.0 Å². The smallest absolute Gasteiger partial charge is 0.338 e. The average Bonchev–Trinajstić information content (AvgIpc) is 2.81. The third-order valence-corrected chi connectivity index (χ3v) is 7.89. The van der Waals surface area contributed by atoms with Gasteiger partial charge >= 0.3 is 5.97 Å². The van der Waals surface area contributed by atoms with Crippen LogP contribution in [0, 0.1) is 18.8 Å². The lowest BCUT2D eigenvalue weighted by Crippen LogP contribution is -2.42. The summed E-state index contributed by atoms with van der Waals surface area (Å²) in [7, 11) is -2.43. The fourth-order valence-electron chi connectivity index (χ4n) is 4.43. The Kier molecular flexibility index (Phi) is 6.86. The third-order valence-electron chi connectivity index (χ3n) is 6.04. The zero-order valence-corrected chi connectivity index (χ0v) is 20.6. The molecule has 1 aliphatic rings. The van der Waals surface area contributed by atoms with Crippen LogP contribution in [0.2, 0.25) is 0 Å². The van der Waals surface area contributed by atoms with Crippen molar-refractivity contribution in [2.75, 3.05) is 20.2 Å². The van der Waals surface area contributed by atoms with Gasteiger partial charge < -0.3 is 9.47 Å². The molecular weight excluding hydrogens is 454 g/mol. The molecule has 3 aromatic rings. The molecule has 2 heterocycles. The highest BCUT2D eigenvalue weighted by Gasteiger charge is 2.34. The van der Waals surface area contributed by atoms with Crippen molar-refractivity contribution in [2.24, 2.45) is 11.8 Å². The van der Waals surface area contributed by atoms with Crippen molar-refractivity contribution in [1.82, 2.24) is 14.3 Å². The van der Waals surface area contributed by atoms with Crippen LogP contribution in [0.1, 0.15) is 42.0 Å². The van der Waals surface area contributed by atoms with Gasteiger partial charge in [0.1, 0.15) is 17.3 Å². The maximum absolute atomic E-state index is 13.5. The Morgan fingerprint density at radius 1 is 1.06 bits per heavy atom. The van der Waals surface area contributed by atoms with Gasteiger partial charge in [-0.05, 0) is 55.5 Å². The zero-order valence-electron chi connectivity index (χ0n) is 19.8. The van der Waals surface area contributed by atoms with E-state index in [1.165, 1.54) is 29.6 Å². The number of aromatic nitrogens is 2. The molecule has 1 aromatic heterocycles. The molecule has 0 radical (unpaired) electrons. The van der Waals surface area contributed by atoms with Crippen molar-refractivity contribution in [3.8, 4) is 5.75 Å². The third kappa shape index (κ3) is 4.90. The number of para-hydroxylation sites is 2. The van der Waals surface area contributed by atoms with Gasteiger partial charge in [0.25, 0.3) is 0 Å². The zero-order chi connectivity index (χ0) is 24.5. The normalized spacial score (nSPS) is 19.2. The van der Waals surface area contributed by atoms with E-state index < -0.39 is 16.0 Å². The van der Waals surface area contributed by atoms with Gasteiger partial charge in [-0.2, -0.15) is 4.31 Å². The fourth-order valence-corrected chi connectivity index (χ4v) is 6.29. The van der Waals surface area contributed by atoms with Gasteiger partial charge in [-0.15, -0.1) is 0 Å². The number of aryl methyl sites for hydroxylation is 1. The van der Waals surface area contributed by atoms with Crippen LogP contribution in [0.4, 0.5) is 0 Å². The van der Waals surface area contributed by atoms with Crippen molar-refractivity contribution < 1.29 is 22.7 Å². The number of methoxy groups -OCH3 is 1. The molecule has 0 unspecified atom stereocenters. The molecule has 0 bridgehead atoms. The number of hydrogen-bond donors (Lipinski definition) is 0. The van der Waals surface area contributed by atoms with Gasteiger partial charge in [0.2, 0.25) is 10.0 Å². The quantitative estimate of drug-likeness (QED) is 0.489. The maximum atomic E-state index is 13.5. The molecule has 8 nitrogen and oxygen atoms in total. The molecule has 0 spiro atoms. The second-order valence-electron chi connectivity index (χ2n) is 8.95. The second kappa shape index (κ2) is 9.68. The summed E-state index contributed by atoms with van der Waals surface area (Å²) < 4.78 is 39.2. The standard InChI is InChI=1S/C25H29N3O5S/c1-16-11-17(2)14-28(13-16)34(30,31)24-12-19(9-10-23(24)32-4)25(29)33-15-22-18(3)26-20-7-5-6-8-21(20)27-22/h5-10,12,16-17H,11,13-15H2,1-4H3/t16-,17-/m1/s1. The molecule has 1 aliphatic heterocycles. The van der Waals surface area contributed by atoms with E-state index in [1.807, 2.05) is 38.1 Å². The first-order chi connectivity index (χ1) is 16.2. The van der Waals surface area contributed by atoms with Crippen molar-refractivity contribution in [1.29, 1.82) is 0 Å². The lowest BCUT2D eigenvalue weighted by Gasteiger charge is -2.34. The van der Waals surface area contributed by atoms with Crippen LogP contribution < -0.4 is 4.74 Å². The van der Waals surface area contributed by atoms with Crippen molar-refractivity contribution in [2.45, 2.75) is 38.7 Å². The first-order valence-electron chi connectivity index (χ1n) is 11.3. The van der Waals surface area contributed by atoms with Crippen LogP contribution in [0.25, 0.3) is 11.0 Å². The Hall–Kier alpha value is -3.04. The SMILES string of the molecule is COc1ccc(C(=O)OCc2nc3ccccc3nc2C)cc1S(=O)(=O)N1C[C@H](C)C[C@@H](C)C1. The molecule has 0 aliphatic carbocycles. The van der Waals surface area contributed by atoms with E-state index in [4.69, 9.17) is 9.47 Å². The number of piperidine rings is 1. The lowest BCUT2D eigenvalue weighted by atomic mass is 9.94. The highest BCUT2D eigenvalue weighted by molar-refractivity contribution is 7.89. The van der Waals surface area contributed by atoms with Crippen LogP contribution >= 0.6 is 0 Å². The van der Waals surface area contributed by atoms with E-state index in [-0.39, 0.29) is 34.7 Å². The second-order valence-corrected chi connectivity index (χ2v) is 10.9. The lowest BCUT2D eigenvalue weighted by molar-refractivity contribution is 0.0466. The minimum atomic E-state index is -3.85. The van der Waals surface area contributed by atoms with E-state index >= 15 is 0 Å². The molecule has 9 heteroatoms. The van der Waals surface area contributed by atoms with Gasteiger partial charge in [0.15, 0.2) is 0 Å². The van der Waals surface area contributed by atoms with Crippen LogP contribution in [0.3, 0.4) is 0 Å². The molecule has 4 rings (SSSR count). The van der Waals surface area contributed by atoms with E-state index in [9.17, 15) is 13.2 Å². The monoisotopic (exact) mass is 483 g/mol. The number of carbonyl (C=O) groups excluding carboxylic acids is 1. The Morgan fingerprint density at radius 2 is 1.71 bits per heavy atom. The van der Waals surface area contributed by atoms with E-state index in [2.05, 4.69) is 9.97 Å². The number of carbonyl (C=O) groups is 1. The van der Waals surface area contributed by atoms with Crippen LogP contribution in [-0.4, -0.2) is 48.9 Å². The minimum Gasteiger partial charge on any atom is -0.495 e.